The zero-order chi connectivity index (χ0) is 23.5. The van der Waals surface area contributed by atoms with E-state index < -0.39 is 5.97 Å². The maximum absolute atomic E-state index is 12.8. The van der Waals surface area contributed by atoms with Crippen molar-refractivity contribution in [1.82, 2.24) is 9.88 Å². The van der Waals surface area contributed by atoms with Crippen LogP contribution in [-0.2, 0) is 4.74 Å². The number of esters is 1. The van der Waals surface area contributed by atoms with Gasteiger partial charge in [0.1, 0.15) is 11.3 Å². The van der Waals surface area contributed by atoms with E-state index >= 15 is 0 Å². The van der Waals surface area contributed by atoms with E-state index in [9.17, 15) is 4.79 Å². The lowest BCUT2D eigenvalue weighted by molar-refractivity contribution is 0.0527. The van der Waals surface area contributed by atoms with E-state index in [2.05, 4.69) is 33.2 Å². The number of carbonyl (C=O) groups is 1. The molecule has 1 aliphatic heterocycles. The molecule has 0 aliphatic carbocycles. The van der Waals surface area contributed by atoms with Crippen molar-refractivity contribution < 1.29 is 14.3 Å². The molecule has 0 atom stereocenters. The van der Waals surface area contributed by atoms with E-state index in [1.165, 1.54) is 0 Å². The molecule has 1 fully saturated rings. The molecule has 1 aliphatic rings. The number of rotatable bonds is 6. The van der Waals surface area contributed by atoms with Crippen LogP contribution in [-0.4, -0.2) is 62.8 Å². The summed E-state index contributed by atoms with van der Waals surface area (Å²) in [5.74, 6) is 0.333. The number of hydrogen-bond donors (Lipinski definition) is 1. The van der Waals surface area contributed by atoms with Gasteiger partial charge in [0.05, 0.1) is 30.6 Å². The monoisotopic (exact) mass is 468 g/mol. The lowest BCUT2D eigenvalue weighted by atomic mass is 10.1. The summed E-state index contributed by atoms with van der Waals surface area (Å²) in [5.41, 5.74) is 4.43. The standard InChI is InChI=1S/C25H29ClN4O3/c1-5-33-25(31)18-15-27-21-14-23(32-4)22(30-11-9-29(3)10-12-30)13-17(21)24(18)28-20-8-6-7-19(26)16(20)2/h6-8,13-15H,5,9-12H2,1-4H3,(H,27,28). The SMILES string of the molecule is CCOC(=O)c1cnc2cc(OC)c(N3CCN(C)CC3)cc2c1Nc1cccc(Cl)c1C. The number of piperazine rings is 1. The average Bonchev–Trinajstić information content (AvgIpc) is 2.82. The minimum Gasteiger partial charge on any atom is -0.495 e. The number of benzene rings is 2. The van der Waals surface area contributed by atoms with Crippen LogP contribution in [0, 0.1) is 6.92 Å². The molecule has 7 nitrogen and oxygen atoms in total. The highest BCUT2D eigenvalue weighted by molar-refractivity contribution is 6.31. The van der Waals surface area contributed by atoms with E-state index in [1.807, 2.05) is 31.2 Å². The second-order valence-corrected chi connectivity index (χ2v) is 8.54. The minimum atomic E-state index is -0.425. The summed E-state index contributed by atoms with van der Waals surface area (Å²) in [6.45, 7) is 7.72. The fourth-order valence-corrected chi connectivity index (χ4v) is 4.22. The van der Waals surface area contributed by atoms with Crippen molar-refractivity contribution in [2.24, 2.45) is 0 Å². The summed E-state index contributed by atoms with van der Waals surface area (Å²) in [6.07, 6.45) is 1.55. The maximum atomic E-state index is 12.8. The predicted molar refractivity (Wildman–Crippen MR) is 133 cm³/mol. The number of ether oxygens (including phenoxy) is 2. The Bertz CT molecular complexity index is 1180. The number of likely N-dealkylation sites (N-methyl/N-ethyl adjacent to an activating group) is 1. The molecule has 1 aromatic heterocycles. The molecule has 2 heterocycles. The van der Waals surface area contributed by atoms with Crippen LogP contribution in [0.25, 0.3) is 10.9 Å². The topological polar surface area (TPSA) is 66.9 Å². The van der Waals surface area contributed by atoms with Gasteiger partial charge in [0.15, 0.2) is 0 Å². The van der Waals surface area contributed by atoms with Crippen molar-refractivity contribution in [3.8, 4) is 5.75 Å². The molecule has 0 radical (unpaired) electrons. The Morgan fingerprint density at radius 2 is 1.97 bits per heavy atom. The van der Waals surface area contributed by atoms with Gasteiger partial charge in [-0.2, -0.15) is 0 Å². The summed E-state index contributed by atoms with van der Waals surface area (Å²) >= 11 is 6.36. The van der Waals surface area contributed by atoms with Gasteiger partial charge in [-0.15, -0.1) is 0 Å². The van der Waals surface area contributed by atoms with Crippen LogP contribution in [0.3, 0.4) is 0 Å². The summed E-state index contributed by atoms with van der Waals surface area (Å²) in [6, 6.07) is 9.64. The van der Waals surface area contributed by atoms with Gasteiger partial charge < -0.3 is 24.6 Å². The van der Waals surface area contributed by atoms with Gasteiger partial charge in [-0.05, 0) is 44.7 Å². The Morgan fingerprint density at radius 1 is 1.21 bits per heavy atom. The maximum Gasteiger partial charge on any atom is 0.341 e. The molecule has 1 N–H and O–H groups in total. The number of hydrogen-bond acceptors (Lipinski definition) is 7. The number of anilines is 3. The Hall–Kier alpha value is -3.03. The molecule has 33 heavy (non-hydrogen) atoms. The van der Waals surface area contributed by atoms with Gasteiger partial charge in [0, 0.05) is 54.5 Å². The van der Waals surface area contributed by atoms with E-state index in [-0.39, 0.29) is 6.61 Å². The number of nitrogens with zero attached hydrogens (tertiary/aromatic N) is 3. The number of carbonyl (C=O) groups excluding carboxylic acids is 1. The normalized spacial score (nSPS) is 14.4. The highest BCUT2D eigenvalue weighted by Crippen LogP contribution is 2.39. The summed E-state index contributed by atoms with van der Waals surface area (Å²) in [4.78, 5) is 22.0. The number of halogens is 1. The number of methoxy groups -OCH3 is 1. The Morgan fingerprint density at radius 3 is 2.67 bits per heavy atom. The zero-order valence-electron chi connectivity index (χ0n) is 19.4. The van der Waals surface area contributed by atoms with Crippen molar-refractivity contribution in [3.05, 3.63) is 52.7 Å². The van der Waals surface area contributed by atoms with Crippen molar-refractivity contribution in [2.75, 3.05) is 57.2 Å². The molecule has 0 bridgehead atoms. The van der Waals surface area contributed by atoms with Gasteiger partial charge in [0.2, 0.25) is 0 Å². The van der Waals surface area contributed by atoms with Crippen LogP contribution in [0.1, 0.15) is 22.8 Å². The quantitative estimate of drug-likeness (QED) is 0.517. The summed E-state index contributed by atoms with van der Waals surface area (Å²) in [5, 5.41) is 4.91. The van der Waals surface area contributed by atoms with Crippen molar-refractivity contribution in [3.63, 3.8) is 0 Å². The molecule has 2 aromatic carbocycles. The minimum absolute atomic E-state index is 0.279. The molecule has 174 valence electrons. The van der Waals surface area contributed by atoms with Gasteiger partial charge in [-0.25, -0.2) is 4.79 Å². The van der Waals surface area contributed by atoms with Gasteiger partial charge >= 0.3 is 5.97 Å². The number of nitrogens with one attached hydrogen (secondary N) is 1. The Balaban J connectivity index is 1.90. The van der Waals surface area contributed by atoms with Crippen LogP contribution >= 0.6 is 11.6 Å². The van der Waals surface area contributed by atoms with E-state index in [0.717, 1.165) is 59.8 Å². The smallest absolute Gasteiger partial charge is 0.341 e. The lowest BCUT2D eigenvalue weighted by Crippen LogP contribution is -2.44. The zero-order valence-corrected chi connectivity index (χ0v) is 20.2. The van der Waals surface area contributed by atoms with Crippen LogP contribution in [0.15, 0.2) is 36.5 Å². The highest BCUT2D eigenvalue weighted by atomic mass is 35.5. The second-order valence-electron chi connectivity index (χ2n) is 8.14. The first-order valence-corrected chi connectivity index (χ1v) is 11.4. The van der Waals surface area contributed by atoms with Crippen molar-refractivity contribution >= 4 is 45.5 Å². The fourth-order valence-electron chi connectivity index (χ4n) is 4.04. The van der Waals surface area contributed by atoms with E-state index in [1.54, 1.807) is 20.2 Å². The van der Waals surface area contributed by atoms with Gasteiger partial charge in [-0.3, -0.25) is 4.98 Å². The third kappa shape index (κ3) is 4.70. The molecule has 3 aromatic rings. The Kier molecular flexibility index (Phi) is 6.91. The summed E-state index contributed by atoms with van der Waals surface area (Å²) < 4.78 is 11.0. The Labute approximate surface area is 199 Å². The average molecular weight is 469 g/mol. The largest absolute Gasteiger partial charge is 0.495 e. The van der Waals surface area contributed by atoms with Gasteiger partial charge in [0.25, 0.3) is 0 Å². The fraction of sp³-hybridized carbons (Fsp3) is 0.360. The van der Waals surface area contributed by atoms with Crippen molar-refractivity contribution in [2.45, 2.75) is 13.8 Å². The molecular formula is C25H29ClN4O3. The number of fused-ring (bicyclic) bond motifs is 1. The van der Waals surface area contributed by atoms with Crippen LogP contribution in [0.2, 0.25) is 5.02 Å². The molecule has 1 saturated heterocycles. The molecular weight excluding hydrogens is 440 g/mol. The molecule has 0 spiro atoms. The van der Waals surface area contributed by atoms with E-state index in [0.29, 0.717) is 16.3 Å². The lowest BCUT2D eigenvalue weighted by Gasteiger charge is -2.35. The molecule has 0 amide bonds. The first kappa shape index (κ1) is 23.1. The third-order valence-corrected chi connectivity index (χ3v) is 6.44. The van der Waals surface area contributed by atoms with Crippen LogP contribution < -0.4 is 15.0 Å². The molecule has 4 rings (SSSR count). The molecule has 8 heteroatoms. The highest BCUT2D eigenvalue weighted by Gasteiger charge is 2.23. The third-order valence-electron chi connectivity index (χ3n) is 6.04. The second kappa shape index (κ2) is 9.85. The molecule has 0 saturated carbocycles. The molecule has 0 unspecified atom stereocenters. The predicted octanol–water partition coefficient (Wildman–Crippen LogP) is 4.88. The van der Waals surface area contributed by atoms with Crippen LogP contribution in [0.5, 0.6) is 5.75 Å². The van der Waals surface area contributed by atoms with Gasteiger partial charge in [-0.1, -0.05) is 17.7 Å². The first-order valence-electron chi connectivity index (χ1n) is 11.1. The van der Waals surface area contributed by atoms with E-state index in [4.69, 9.17) is 21.1 Å². The first-order chi connectivity index (χ1) is 15.9. The summed E-state index contributed by atoms with van der Waals surface area (Å²) in [7, 11) is 3.79. The number of aromatic nitrogens is 1. The van der Waals surface area contributed by atoms with Crippen LogP contribution in [0.4, 0.5) is 17.1 Å². The van der Waals surface area contributed by atoms with Crippen molar-refractivity contribution in [1.29, 1.82) is 0 Å². The number of pyridine rings is 1.